The monoisotopic (exact) mass is 322 g/mol. The largest absolute Gasteiger partial charge is 0.303 e. The summed E-state index contributed by atoms with van der Waals surface area (Å²) < 4.78 is 0. The van der Waals surface area contributed by atoms with Gasteiger partial charge in [0.15, 0.2) is 0 Å². The third-order valence-electron chi connectivity index (χ3n) is 5.69. The Morgan fingerprint density at radius 2 is 2.04 bits per heavy atom. The Labute approximate surface area is 144 Å². The average molecular weight is 322 g/mol. The molecule has 0 aromatic heterocycles. The molecule has 0 radical (unpaired) electrons. The van der Waals surface area contributed by atoms with E-state index in [1.54, 1.807) is 0 Å². The number of carbonyl (C=O) groups is 1. The molecule has 0 spiro atoms. The molecule has 1 amide bonds. The fraction of sp³-hybridized carbons (Fsp3) is 0.524. The highest BCUT2D eigenvalue weighted by molar-refractivity contribution is 6.07. The van der Waals surface area contributed by atoms with Crippen molar-refractivity contribution in [1.29, 1.82) is 0 Å². The van der Waals surface area contributed by atoms with Gasteiger partial charge in [-0.05, 0) is 36.5 Å². The van der Waals surface area contributed by atoms with Gasteiger partial charge in [0.2, 0.25) is 5.91 Å². The SMILES string of the molecule is CCCC1=CN=C(C2Cc3ccccc3N2C(=O)C2CCCC2)C1. The Morgan fingerprint density at radius 3 is 2.83 bits per heavy atom. The molecule has 0 N–H and O–H groups in total. The molecule has 3 aliphatic rings. The maximum Gasteiger partial charge on any atom is 0.230 e. The van der Waals surface area contributed by atoms with Gasteiger partial charge in [-0.3, -0.25) is 9.79 Å². The van der Waals surface area contributed by atoms with Crippen LogP contribution in [0.2, 0.25) is 0 Å². The van der Waals surface area contributed by atoms with Crippen LogP contribution in [0.25, 0.3) is 0 Å². The molecule has 1 saturated carbocycles. The van der Waals surface area contributed by atoms with Gasteiger partial charge in [-0.2, -0.15) is 0 Å². The fourth-order valence-electron chi connectivity index (χ4n) is 4.47. The maximum absolute atomic E-state index is 13.2. The highest BCUT2D eigenvalue weighted by Crippen LogP contribution is 2.38. The number of hydrogen-bond acceptors (Lipinski definition) is 2. The topological polar surface area (TPSA) is 32.7 Å². The normalized spacial score (nSPS) is 23.4. The number of hydrogen-bond donors (Lipinski definition) is 0. The zero-order valence-corrected chi connectivity index (χ0v) is 14.5. The summed E-state index contributed by atoms with van der Waals surface area (Å²) in [4.78, 5) is 20.0. The number of anilines is 1. The predicted molar refractivity (Wildman–Crippen MR) is 98.4 cm³/mol. The number of carbonyl (C=O) groups excluding carboxylic acids is 1. The van der Waals surface area contributed by atoms with Crippen LogP contribution in [0.1, 0.15) is 57.4 Å². The van der Waals surface area contributed by atoms with Crippen molar-refractivity contribution >= 4 is 17.3 Å². The van der Waals surface area contributed by atoms with Gasteiger partial charge in [0, 0.05) is 36.4 Å². The van der Waals surface area contributed by atoms with Crippen molar-refractivity contribution in [1.82, 2.24) is 0 Å². The van der Waals surface area contributed by atoms with E-state index in [1.807, 2.05) is 12.3 Å². The molecule has 2 aliphatic heterocycles. The van der Waals surface area contributed by atoms with Crippen molar-refractivity contribution in [2.24, 2.45) is 10.9 Å². The van der Waals surface area contributed by atoms with Crippen LogP contribution < -0.4 is 4.90 Å². The summed E-state index contributed by atoms with van der Waals surface area (Å²) in [6.45, 7) is 2.21. The first kappa shape index (κ1) is 15.6. The zero-order chi connectivity index (χ0) is 16.5. The molecule has 2 heterocycles. The van der Waals surface area contributed by atoms with E-state index in [0.717, 1.165) is 44.2 Å². The van der Waals surface area contributed by atoms with Crippen LogP contribution >= 0.6 is 0 Å². The number of para-hydroxylation sites is 1. The van der Waals surface area contributed by atoms with Crippen molar-refractivity contribution in [3.05, 3.63) is 41.6 Å². The van der Waals surface area contributed by atoms with E-state index in [0.29, 0.717) is 5.91 Å². The highest BCUT2D eigenvalue weighted by Gasteiger charge is 2.40. The smallest absolute Gasteiger partial charge is 0.230 e. The van der Waals surface area contributed by atoms with Crippen molar-refractivity contribution < 1.29 is 4.79 Å². The van der Waals surface area contributed by atoms with E-state index in [1.165, 1.54) is 29.7 Å². The zero-order valence-electron chi connectivity index (χ0n) is 14.5. The highest BCUT2D eigenvalue weighted by atomic mass is 16.2. The maximum atomic E-state index is 13.2. The van der Waals surface area contributed by atoms with Gasteiger partial charge in [-0.15, -0.1) is 0 Å². The van der Waals surface area contributed by atoms with Crippen LogP contribution in [0.5, 0.6) is 0 Å². The quantitative estimate of drug-likeness (QED) is 0.793. The molecule has 1 aliphatic carbocycles. The van der Waals surface area contributed by atoms with Gasteiger partial charge in [-0.25, -0.2) is 0 Å². The molecule has 1 fully saturated rings. The minimum Gasteiger partial charge on any atom is -0.303 e. The Balaban J connectivity index is 1.61. The van der Waals surface area contributed by atoms with Crippen molar-refractivity contribution in [3.63, 3.8) is 0 Å². The molecule has 3 heteroatoms. The molecule has 0 bridgehead atoms. The summed E-state index contributed by atoms with van der Waals surface area (Å²) in [7, 11) is 0. The van der Waals surface area contributed by atoms with Gasteiger partial charge in [-0.1, -0.05) is 44.4 Å². The van der Waals surface area contributed by atoms with Crippen molar-refractivity contribution in [2.75, 3.05) is 4.90 Å². The summed E-state index contributed by atoms with van der Waals surface area (Å²) in [5, 5.41) is 0. The molecule has 1 unspecified atom stereocenters. The van der Waals surface area contributed by atoms with Crippen LogP contribution in [0.4, 0.5) is 5.69 Å². The van der Waals surface area contributed by atoms with E-state index < -0.39 is 0 Å². The first-order chi connectivity index (χ1) is 11.8. The van der Waals surface area contributed by atoms with Crippen LogP contribution in [0.3, 0.4) is 0 Å². The Bertz CT molecular complexity index is 698. The van der Waals surface area contributed by atoms with E-state index >= 15 is 0 Å². The summed E-state index contributed by atoms with van der Waals surface area (Å²) >= 11 is 0. The van der Waals surface area contributed by atoms with E-state index in [2.05, 4.69) is 30.0 Å². The Kier molecular flexibility index (Phi) is 4.26. The van der Waals surface area contributed by atoms with Crippen LogP contribution in [-0.2, 0) is 11.2 Å². The lowest BCUT2D eigenvalue weighted by molar-refractivity contribution is -0.122. The summed E-state index contributed by atoms with van der Waals surface area (Å²) in [6.07, 6.45) is 10.7. The van der Waals surface area contributed by atoms with Gasteiger partial charge >= 0.3 is 0 Å². The lowest BCUT2D eigenvalue weighted by Crippen LogP contribution is -2.45. The van der Waals surface area contributed by atoms with Gasteiger partial charge in [0.25, 0.3) is 0 Å². The van der Waals surface area contributed by atoms with Crippen LogP contribution in [0.15, 0.2) is 41.0 Å². The summed E-state index contributed by atoms with van der Waals surface area (Å²) in [6, 6.07) is 8.53. The lowest BCUT2D eigenvalue weighted by Gasteiger charge is -2.28. The second kappa shape index (κ2) is 6.54. The first-order valence-electron chi connectivity index (χ1n) is 9.43. The molecular weight excluding hydrogens is 296 g/mol. The van der Waals surface area contributed by atoms with Gasteiger partial charge in [0.1, 0.15) is 0 Å². The number of rotatable bonds is 4. The van der Waals surface area contributed by atoms with Gasteiger partial charge < -0.3 is 4.90 Å². The molecule has 0 saturated heterocycles. The fourth-order valence-corrected chi connectivity index (χ4v) is 4.47. The second-order valence-corrected chi connectivity index (χ2v) is 7.37. The third kappa shape index (κ3) is 2.70. The molecule has 3 nitrogen and oxygen atoms in total. The Hall–Kier alpha value is -1.90. The van der Waals surface area contributed by atoms with Crippen LogP contribution in [0, 0.1) is 5.92 Å². The summed E-state index contributed by atoms with van der Waals surface area (Å²) in [5.41, 5.74) is 5.00. The standard InChI is InChI=1S/C21H26N2O/c1-2-7-15-12-18(22-14-15)20-13-17-10-5-6-11-19(17)23(20)21(24)16-8-3-4-9-16/h5-6,10-11,14,16,20H,2-4,7-9,12-13H2,1H3. The van der Waals surface area contributed by atoms with Crippen molar-refractivity contribution in [2.45, 2.75) is 64.3 Å². The molecule has 4 rings (SSSR count). The lowest BCUT2D eigenvalue weighted by atomic mass is 9.98. The molecule has 1 aromatic rings. The molecule has 24 heavy (non-hydrogen) atoms. The van der Waals surface area contributed by atoms with E-state index in [9.17, 15) is 4.79 Å². The number of aliphatic imine (C=N–C) groups is 1. The molecular formula is C21H26N2O. The number of fused-ring (bicyclic) bond motifs is 1. The molecule has 126 valence electrons. The van der Waals surface area contributed by atoms with E-state index in [-0.39, 0.29) is 12.0 Å². The van der Waals surface area contributed by atoms with Crippen molar-refractivity contribution in [3.8, 4) is 0 Å². The predicted octanol–water partition coefficient (Wildman–Crippen LogP) is 4.66. The molecule has 1 atom stereocenters. The minimum absolute atomic E-state index is 0.126. The third-order valence-corrected chi connectivity index (χ3v) is 5.69. The van der Waals surface area contributed by atoms with Crippen LogP contribution in [-0.4, -0.2) is 17.7 Å². The van der Waals surface area contributed by atoms with E-state index in [4.69, 9.17) is 4.99 Å². The van der Waals surface area contributed by atoms with Gasteiger partial charge in [0.05, 0.1) is 6.04 Å². The minimum atomic E-state index is 0.126. The second-order valence-electron chi connectivity index (χ2n) is 7.37. The average Bonchev–Trinajstić information content (AvgIpc) is 3.33. The number of allylic oxidation sites excluding steroid dienone is 1. The Morgan fingerprint density at radius 1 is 1.25 bits per heavy atom. The number of benzene rings is 1. The first-order valence-corrected chi connectivity index (χ1v) is 9.43. The number of amides is 1. The molecule has 1 aromatic carbocycles. The summed E-state index contributed by atoms with van der Waals surface area (Å²) in [5.74, 6) is 0.540. The number of nitrogens with zero attached hydrogens (tertiary/aromatic N) is 2.